The lowest BCUT2D eigenvalue weighted by atomic mass is 9.88. The van der Waals surface area contributed by atoms with E-state index in [0.717, 1.165) is 29.5 Å². The average Bonchev–Trinajstić information content (AvgIpc) is 4.06. The molecule has 2 saturated carbocycles. The lowest BCUT2D eigenvalue weighted by molar-refractivity contribution is -0.0312. The predicted molar refractivity (Wildman–Crippen MR) is 189 cm³/mol. The van der Waals surface area contributed by atoms with E-state index in [1.54, 1.807) is 30.3 Å². The molecular weight excluding hydrogens is 679 g/mol. The van der Waals surface area contributed by atoms with Gasteiger partial charge in [0.25, 0.3) is 0 Å². The van der Waals surface area contributed by atoms with Crippen LogP contribution in [-0.2, 0) is 30.1 Å². The first-order valence-electron chi connectivity index (χ1n) is 17.6. The summed E-state index contributed by atoms with van der Waals surface area (Å²) in [7, 11) is -7.17. The molecule has 2 aliphatic heterocycles. The van der Waals surface area contributed by atoms with Crippen LogP contribution in [0.15, 0.2) is 76.5 Å². The van der Waals surface area contributed by atoms with Crippen LogP contribution in [0.4, 0.5) is 0 Å². The zero-order valence-corrected chi connectivity index (χ0v) is 30.1. The van der Waals surface area contributed by atoms with E-state index in [0.29, 0.717) is 69.9 Å². The van der Waals surface area contributed by atoms with Gasteiger partial charge in [-0.15, -0.1) is 0 Å². The minimum absolute atomic E-state index is 0.00140. The molecule has 2 heterocycles. The third-order valence-corrected chi connectivity index (χ3v) is 14.6. The molecule has 2 saturated heterocycles. The molecule has 1 spiro atoms. The van der Waals surface area contributed by atoms with E-state index in [2.05, 4.69) is 5.32 Å². The Morgan fingerprint density at radius 2 is 1.68 bits per heavy atom. The molecule has 270 valence electrons. The van der Waals surface area contributed by atoms with Crippen molar-refractivity contribution in [3.8, 4) is 22.6 Å². The lowest BCUT2D eigenvalue weighted by Crippen LogP contribution is -2.47. The van der Waals surface area contributed by atoms with Gasteiger partial charge in [-0.2, -0.15) is 4.31 Å². The lowest BCUT2D eigenvalue weighted by Gasteiger charge is -2.38. The number of nitrogens with two attached hydrogens (primary N) is 1. The number of hydrogen-bond acceptors (Lipinski definition) is 10. The highest BCUT2D eigenvalue weighted by Crippen LogP contribution is 2.43. The Hall–Kier alpha value is -3.04. The van der Waals surface area contributed by atoms with Crippen LogP contribution in [-0.4, -0.2) is 88.7 Å². The highest BCUT2D eigenvalue weighted by atomic mass is 32.2. The summed E-state index contributed by atoms with van der Waals surface area (Å²) in [6, 6.07) is 19.8. The number of benzene rings is 3. The second-order valence-corrected chi connectivity index (χ2v) is 18.4. The van der Waals surface area contributed by atoms with Gasteiger partial charge < -0.3 is 30.4 Å². The number of aliphatic hydroxyl groups is 1. The van der Waals surface area contributed by atoms with Gasteiger partial charge in [-0.05, 0) is 98.9 Å². The van der Waals surface area contributed by atoms with Crippen LogP contribution in [0.1, 0.15) is 57.4 Å². The van der Waals surface area contributed by atoms with Crippen molar-refractivity contribution >= 4 is 19.9 Å². The molecule has 0 amide bonds. The number of rotatable bonds is 14. The van der Waals surface area contributed by atoms with E-state index < -0.39 is 31.6 Å². The second-order valence-electron chi connectivity index (χ2n) is 14.2. The standard InChI is InChI=1S/C37H47N3O8S2/c1-2-46-34-13-8-27(26-6-9-28(10-7-26)37(38)14-15-37)20-35(34)50(44,45)40-18-16-36(17-19-40)22-29(24-48-36)39-23-30(41)25-47-31-4-3-5-33(21-31)49(42,43)32-11-12-32/h3-10,13,20-21,29-30,32,39,41H,2,11-12,14-19,22-25,38H2,1H3/t29-,30-/m0/s1. The molecule has 7 rings (SSSR count). The van der Waals surface area contributed by atoms with Crippen molar-refractivity contribution in [2.45, 2.75) is 90.2 Å². The first-order chi connectivity index (χ1) is 23.9. The molecule has 11 nitrogen and oxygen atoms in total. The zero-order valence-electron chi connectivity index (χ0n) is 28.4. The summed E-state index contributed by atoms with van der Waals surface area (Å²) in [6.45, 7) is 3.58. The van der Waals surface area contributed by atoms with Crippen molar-refractivity contribution in [1.82, 2.24) is 9.62 Å². The Morgan fingerprint density at radius 3 is 2.36 bits per heavy atom. The van der Waals surface area contributed by atoms with Crippen LogP contribution in [0.5, 0.6) is 11.5 Å². The van der Waals surface area contributed by atoms with Crippen molar-refractivity contribution in [2.24, 2.45) is 5.73 Å². The van der Waals surface area contributed by atoms with Gasteiger partial charge in [0.15, 0.2) is 9.84 Å². The minimum atomic E-state index is -3.85. The quantitative estimate of drug-likeness (QED) is 0.222. The number of piperidine rings is 1. The van der Waals surface area contributed by atoms with E-state index in [9.17, 15) is 21.9 Å². The normalized spacial score (nSPS) is 22.3. The smallest absolute Gasteiger partial charge is 0.246 e. The largest absolute Gasteiger partial charge is 0.492 e. The monoisotopic (exact) mass is 725 g/mol. The van der Waals surface area contributed by atoms with Crippen molar-refractivity contribution in [2.75, 3.05) is 39.5 Å². The molecule has 2 atom stereocenters. The van der Waals surface area contributed by atoms with E-state index >= 15 is 0 Å². The van der Waals surface area contributed by atoms with Crippen LogP contribution >= 0.6 is 0 Å². The fraction of sp³-hybridized carbons (Fsp3) is 0.514. The molecule has 13 heteroatoms. The van der Waals surface area contributed by atoms with Crippen LogP contribution in [0.25, 0.3) is 11.1 Å². The van der Waals surface area contributed by atoms with Gasteiger partial charge in [-0.1, -0.05) is 36.4 Å². The summed E-state index contributed by atoms with van der Waals surface area (Å²) in [4.78, 5) is 0.411. The number of nitrogens with zero attached hydrogens (tertiary/aromatic N) is 1. The topological polar surface area (TPSA) is 157 Å². The van der Waals surface area contributed by atoms with Gasteiger partial charge in [0, 0.05) is 31.2 Å². The SMILES string of the molecule is CCOc1ccc(-c2ccc(C3(N)CC3)cc2)cc1S(=O)(=O)N1CCC2(CC1)C[C@H](NC[C@H](O)COc1cccc(S(=O)(=O)C3CC3)c1)CO2. The molecule has 3 aromatic carbocycles. The summed E-state index contributed by atoms with van der Waals surface area (Å²) >= 11 is 0. The molecule has 4 fully saturated rings. The number of sulfone groups is 1. The van der Waals surface area contributed by atoms with E-state index in [1.807, 2.05) is 37.3 Å². The maximum atomic E-state index is 14.1. The molecule has 2 aliphatic carbocycles. The van der Waals surface area contributed by atoms with Gasteiger partial charge in [0.05, 0.1) is 29.0 Å². The summed E-state index contributed by atoms with van der Waals surface area (Å²) in [6.07, 6.45) is 4.34. The zero-order chi connectivity index (χ0) is 35.1. The van der Waals surface area contributed by atoms with Crippen LogP contribution in [0, 0.1) is 0 Å². The Balaban J connectivity index is 0.926. The fourth-order valence-electron chi connectivity index (χ4n) is 7.04. The van der Waals surface area contributed by atoms with Crippen molar-refractivity contribution in [3.63, 3.8) is 0 Å². The maximum absolute atomic E-state index is 14.1. The predicted octanol–water partition coefficient (Wildman–Crippen LogP) is 3.98. The summed E-state index contributed by atoms with van der Waals surface area (Å²) in [5, 5.41) is 13.7. The van der Waals surface area contributed by atoms with Crippen LogP contribution < -0.4 is 20.5 Å². The molecular formula is C37H47N3O8S2. The second kappa shape index (κ2) is 13.8. The Labute approximate surface area is 295 Å². The molecule has 50 heavy (non-hydrogen) atoms. The van der Waals surface area contributed by atoms with Gasteiger partial charge in [0.2, 0.25) is 10.0 Å². The highest BCUT2D eigenvalue weighted by Gasteiger charge is 2.45. The number of sulfonamides is 1. The Kier molecular flexibility index (Phi) is 9.78. The molecule has 0 aromatic heterocycles. The Morgan fingerprint density at radius 1 is 0.960 bits per heavy atom. The highest BCUT2D eigenvalue weighted by molar-refractivity contribution is 7.92. The molecule has 3 aromatic rings. The molecule has 4 aliphatic rings. The molecule has 0 radical (unpaired) electrons. The third kappa shape index (κ3) is 7.45. The first-order valence-corrected chi connectivity index (χ1v) is 20.6. The fourth-order valence-corrected chi connectivity index (χ4v) is 10.3. The van der Waals surface area contributed by atoms with Gasteiger partial charge in [-0.25, -0.2) is 16.8 Å². The Bertz CT molecular complexity index is 1900. The molecule has 0 unspecified atom stereocenters. The van der Waals surface area contributed by atoms with Crippen molar-refractivity contribution in [3.05, 3.63) is 72.3 Å². The number of aliphatic hydroxyl groups excluding tert-OH is 1. The van der Waals surface area contributed by atoms with E-state index in [-0.39, 0.29) is 39.8 Å². The number of nitrogens with one attached hydrogen (secondary N) is 1. The van der Waals surface area contributed by atoms with Gasteiger partial charge >= 0.3 is 0 Å². The maximum Gasteiger partial charge on any atom is 0.246 e. The summed E-state index contributed by atoms with van der Waals surface area (Å²) in [5.41, 5.74) is 8.50. The van der Waals surface area contributed by atoms with E-state index in [1.165, 1.54) is 10.4 Å². The first kappa shape index (κ1) is 35.4. The molecule has 0 bridgehead atoms. The van der Waals surface area contributed by atoms with Crippen molar-refractivity contribution in [1.29, 1.82) is 0 Å². The van der Waals surface area contributed by atoms with Gasteiger partial charge in [-0.3, -0.25) is 0 Å². The molecule has 4 N–H and O–H groups in total. The number of ether oxygens (including phenoxy) is 3. The van der Waals surface area contributed by atoms with E-state index in [4.69, 9.17) is 19.9 Å². The minimum Gasteiger partial charge on any atom is -0.492 e. The third-order valence-electron chi connectivity index (χ3n) is 10.5. The van der Waals surface area contributed by atoms with Crippen LogP contribution in [0.2, 0.25) is 0 Å². The van der Waals surface area contributed by atoms with Crippen molar-refractivity contribution < 1.29 is 36.2 Å². The van der Waals surface area contributed by atoms with Crippen LogP contribution in [0.3, 0.4) is 0 Å². The summed E-state index contributed by atoms with van der Waals surface area (Å²) in [5.74, 6) is 0.746. The average molecular weight is 726 g/mol. The number of hydrogen-bond donors (Lipinski definition) is 3. The summed E-state index contributed by atoms with van der Waals surface area (Å²) < 4.78 is 72.6. The van der Waals surface area contributed by atoms with Gasteiger partial charge in [0.1, 0.15) is 29.1 Å².